The molecular formula is C24H33BO3. The van der Waals surface area contributed by atoms with Gasteiger partial charge in [0, 0.05) is 0 Å². The standard InChI is InChI=1S/C24H33BO3/c1-22(2)23(3,4)28-25(27-22)21-11-10-20-19-8-6-15-14-16(26)7-9-17(15)18(19)12-13-24(20,21)5/h7,9,11,14,18-20,26H,6,8,10,12-13H2,1-5H3/t18-,19-,20+,24+/m1/s1. The van der Waals surface area contributed by atoms with E-state index in [-0.39, 0.29) is 23.7 Å². The van der Waals surface area contributed by atoms with Crippen LogP contribution >= 0.6 is 0 Å². The van der Waals surface area contributed by atoms with Crippen LogP contribution < -0.4 is 0 Å². The Kier molecular flexibility index (Phi) is 3.94. The van der Waals surface area contributed by atoms with E-state index >= 15 is 0 Å². The van der Waals surface area contributed by atoms with Crippen LogP contribution in [0.2, 0.25) is 0 Å². The van der Waals surface area contributed by atoms with Gasteiger partial charge in [-0.2, -0.15) is 0 Å². The molecule has 150 valence electrons. The van der Waals surface area contributed by atoms with Gasteiger partial charge in [-0.05, 0) is 112 Å². The molecule has 1 saturated carbocycles. The molecule has 1 N–H and O–H groups in total. The second-order valence-corrected chi connectivity index (χ2v) is 10.7. The van der Waals surface area contributed by atoms with Crippen molar-refractivity contribution >= 4 is 7.12 Å². The second-order valence-electron chi connectivity index (χ2n) is 10.7. The summed E-state index contributed by atoms with van der Waals surface area (Å²) in [6, 6.07) is 6.04. The Labute approximate surface area is 169 Å². The molecule has 0 aromatic heterocycles. The summed E-state index contributed by atoms with van der Waals surface area (Å²) in [6.45, 7) is 11.0. The maximum Gasteiger partial charge on any atom is 0.490 e. The molecule has 1 aromatic rings. The Morgan fingerprint density at radius 3 is 2.46 bits per heavy atom. The number of phenolic OH excluding ortho intramolecular Hbond substituents is 1. The molecule has 2 fully saturated rings. The molecule has 28 heavy (non-hydrogen) atoms. The molecule has 0 radical (unpaired) electrons. The number of aryl methyl sites for hydroxylation is 1. The first kappa shape index (κ1) is 18.8. The number of allylic oxidation sites excluding steroid dienone is 2. The van der Waals surface area contributed by atoms with Gasteiger partial charge >= 0.3 is 7.12 Å². The van der Waals surface area contributed by atoms with Crippen LogP contribution in [0.15, 0.2) is 29.7 Å². The number of rotatable bonds is 1. The minimum atomic E-state index is -0.282. The summed E-state index contributed by atoms with van der Waals surface area (Å²) in [6.07, 6.45) is 8.31. The topological polar surface area (TPSA) is 38.7 Å². The molecule has 0 amide bonds. The number of benzene rings is 1. The summed E-state index contributed by atoms with van der Waals surface area (Å²) in [5.74, 6) is 2.42. The van der Waals surface area contributed by atoms with E-state index in [9.17, 15) is 5.11 Å². The van der Waals surface area contributed by atoms with Gasteiger partial charge in [-0.15, -0.1) is 0 Å². The Bertz CT molecular complexity index is 826. The summed E-state index contributed by atoms with van der Waals surface area (Å²) in [5.41, 5.74) is 3.86. The molecule has 0 bridgehead atoms. The fraction of sp³-hybridized carbons (Fsp3) is 0.667. The van der Waals surface area contributed by atoms with Gasteiger partial charge in [0.2, 0.25) is 0 Å². The lowest BCUT2D eigenvalue weighted by Crippen LogP contribution is -2.44. The third-order valence-electron chi connectivity index (χ3n) is 8.86. The Morgan fingerprint density at radius 1 is 1.04 bits per heavy atom. The van der Waals surface area contributed by atoms with Crippen molar-refractivity contribution in [2.75, 3.05) is 0 Å². The number of hydrogen-bond acceptors (Lipinski definition) is 3. The highest BCUT2D eigenvalue weighted by Gasteiger charge is 2.60. The van der Waals surface area contributed by atoms with Crippen molar-refractivity contribution in [2.45, 2.75) is 83.8 Å². The van der Waals surface area contributed by atoms with Crippen molar-refractivity contribution in [2.24, 2.45) is 17.3 Å². The van der Waals surface area contributed by atoms with Crippen LogP contribution in [0, 0.1) is 17.3 Å². The van der Waals surface area contributed by atoms with Crippen LogP contribution in [0.3, 0.4) is 0 Å². The highest BCUT2D eigenvalue weighted by atomic mass is 16.7. The molecule has 4 atom stereocenters. The van der Waals surface area contributed by atoms with E-state index < -0.39 is 0 Å². The molecular weight excluding hydrogens is 347 g/mol. The van der Waals surface area contributed by atoms with Crippen molar-refractivity contribution < 1.29 is 14.4 Å². The normalized spacial score (nSPS) is 37.8. The summed E-state index contributed by atoms with van der Waals surface area (Å²) in [7, 11) is -0.204. The SMILES string of the molecule is CC1(C)OB(C2=CC[C@H]3[C@@H]4CCc5cc(O)ccc5[C@H]4CC[C@]23C)OC1(C)C. The summed E-state index contributed by atoms with van der Waals surface area (Å²) >= 11 is 0. The lowest BCUT2D eigenvalue weighted by atomic mass is 9.50. The zero-order valence-corrected chi connectivity index (χ0v) is 17.9. The fourth-order valence-electron chi connectivity index (χ4n) is 6.50. The van der Waals surface area contributed by atoms with Gasteiger partial charge in [-0.1, -0.05) is 19.1 Å². The van der Waals surface area contributed by atoms with Crippen molar-refractivity contribution in [1.82, 2.24) is 0 Å². The fourth-order valence-corrected chi connectivity index (χ4v) is 6.50. The number of phenols is 1. The minimum Gasteiger partial charge on any atom is -0.508 e. The molecule has 1 aromatic carbocycles. The van der Waals surface area contributed by atoms with E-state index in [1.807, 2.05) is 12.1 Å². The quantitative estimate of drug-likeness (QED) is 0.662. The summed E-state index contributed by atoms with van der Waals surface area (Å²) in [5, 5.41) is 9.88. The highest BCUT2D eigenvalue weighted by molar-refractivity contribution is 6.55. The molecule has 1 heterocycles. The van der Waals surface area contributed by atoms with Crippen LogP contribution in [-0.2, 0) is 15.7 Å². The third-order valence-corrected chi connectivity index (χ3v) is 8.86. The van der Waals surface area contributed by atoms with Gasteiger partial charge in [0.15, 0.2) is 0 Å². The number of aromatic hydroxyl groups is 1. The average Bonchev–Trinajstić information content (AvgIpc) is 3.07. The first-order valence-electron chi connectivity index (χ1n) is 11.0. The van der Waals surface area contributed by atoms with Crippen LogP contribution in [-0.4, -0.2) is 23.4 Å². The lowest BCUT2D eigenvalue weighted by molar-refractivity contribution is 0.00578. The van der Waals surface area contributed by atoms with E-state index in [1.54, 1.807) is 0 Å². The highest BCUT2D eigenvalue weighted by Crippen LogP contribution is 2.62. The molecule has 1 saturated heterocycles. The molecule has 0 spiro atoms. The van der Waals surface area contributed by atoms with Crippen LogP contribution in [0.1, 0.15) is 77.3 Å². The van der Waals surface area contributed by atoms with Gasteiger partial charge in [-0.3, -0.25) is 0 Å². The maximum absolute atomic E-state index is 9.88. The first-order chi connectivity index (χ1) is 13.1. The van der Waals surface area contributed by atoms with Crippen molar-refractivity contribution in [1.29, 1.82) is 0 Å². The molecule has 0 unspecified atom stereocenters. The Hall–Kier alpha value is -1.26. The van der Waals surface area contributed by atoms with Crippen molar-refractivity contribution in [3.63, 3.8) is 0 Å². The maximum atomic E-state index is 9.88. The van der Waals surface area contributed by atoms with E-state index in [0.29, 0.717) is 23.5 Å². The number of hydrogen-bond donors (Lipinski definition) is 1. The van der Waals surface area contributed by atoms with Gasteiger partial charge in [-0.25, -0.2) is 0 Å². The molecule has 4 aliphatic rings. The van der Waals surface area contributed by atoms with Gasteiger partial charge in [0.1, 0.15) is 5.75 Å². The zero-order chi connectivity index (χ0) is 19.9. The molecule has 3 nitrogen and oxygen atoms in total. The van der Waals surface area contributed by atoms with Crippen LogP contribution in [0.4, 0.5) is 0 Å². The average molecular weight is 380 g/mol. The van der Waals surface area contributed by atoms with Gasteiger partial charge in [0.25, 0.3) is 0 Å². The monoisotopic (exact) mass is 380 g/mol. The second kappa shape index (κ2) is 5.89. The largest absolute Gasteiger partial charge is 0.508 e. The van der Waals surface area contributed by atoms with Gasteiger partial charge in [0.05, 0.1) is 11.2 Å². The van der Waals surface area contributed by atoms with E-state index in [2.05, 4.69) is 46.8 Å². The van der Waals surface area contributed by atoms with Crippen molar-refractivity contribution in [3.8, 4) is 5.75 Å². The third kappa shape index (κ3) is 2.50. The predicted octanol–water partition coefficient (Wildman–Crippen LogP) is 5.42. The summed E-state index contributed by atoms with van der Waals surface area (Å²) < 4.78 is 12.9. The predicted molar refractivity (Wildman–Crippen MR) is 112 cm³/mol. The minimum absolute atomic E-state index is 0.177. The van der Waals surface area contributed by atoms with E-state index in [0.717, 1.165) is 12.8 Å². The molecule has 3 aliphatic carbocycles. The van der Waals surface area contributed by atoms with Crippen LogP contribution in [0.5, 0.6) is 5.75 Å². The first-order valence-corrected chi connectivity index (χ1v) is 11.0. The summed E-state index contributed by atoms with van der Waals surface area (Å²) in [4.78, 5) is 0. The smallest absolute Gasteiger partial charge is 0.490 e. The Morgan fingerprint density at radius 2 is 1.75 bits per heavy atom. The van der Waals surface area contributed by atoms with E-state index in [4.69, 9.17) is 9.31 Å². The Balaban J connectivity index is 1.42. The molecule has 4 heteroatoms. The van der Waals surface area contributed by atoms with Crippen molar-refractivity contribution in [3.05, 3.63) is 40.9 Å². The lowest BCUT2D eigenvalue weighted by Gasteiger charge is -2.50. The molecule has 5 rings (SSSR count). The molecule has 1 aliphatic heterocycles. The van der Waals surface area contributed by atoms with Crippen LogP contribution in [0.25, 0.3) is 0 Å². The number of fused-ring (bicyclic) bond motifs is 5. The van der Waals surface area contributed by atoms with E-state index in [1.165, 1.54) is 35.9 Å². The van der Waals surface area contributed by atoms with Gasteiger partial charge < -0.3 is 14.4 Å². The zero-order valence-electron chi connectivity index (χ0n) is 17.9.